The van der Waals surface area contributed by atoms with Gasteiger partial charge in [0, 0.05) is 13.1 Å². The van der Waals surface area contributed by atoms with Crippen LogP contribution in [0.4, 0.5) is 0 Å². The van der Waals surface area contributed by atoms with Gasteiger partial charge in [-0.15, -0.1) is 0 Å². The maximum absolute atomic E-state index is 10.6. The summed E-state index contributed by atoms with van der Waals surface area (Å²) in [6.45, 7) is 0. The number of fused-ring (bicyclic) bond motifs is 1. The molecule has 0 spiro atoms. The van der Waals surface area contributed by atoms with E-state index in [4.69, 9.17) is 4.74 Å². The maximum atomic E-state index is 10.6. The fraction of sp³-hybridized carbons (Fsp3) is 0.222. The van der Waals surface area contributed by atoms with Gasteiger partial charge in [0.15, 0.2) is 17.8 Å². The van der Waals surface area contributed by atoms with Gasteiger partial charge in [0.1, 0.15) is 11.3 Å². The summed E-state index contributed by atoms with van der Waals surface area (Å²) in [5.41, 5.74) is 1.34. The second-order valence-corrected chi connectivity index (χ2v) is 2.86. The number of aromatic nitrogens is 3. The summed E-state index contributed by atoms with van der Waals surface area (Å²) in [7, 11) is 3.31. The lowest BCUT2D eigenvalue weighted by atomic mass is 10.4. The SMILES string of the molecule is COc1cnc2c(c1)nc(C=O)n2C. The number of hydrogen-bond acceptors (Lipinski definition) is 4. The van der Waals surface area contributed by atoms with Crippen LogP contribution in [0.2, 0.25) is 0 Å². The van der Waals surface area contributed by atoms with Gasteiger partial charge in [0.05, 0.1) is 13.3 Å². The van der Waals surface area contributed by atoms with Crippen LogP contribution in [0.15, 0.2) is 12.3 Å². The van der Waals surface area contributed by atoms with Crippen molar-refractivity contribution >= 4 is 17.5 Å². The van der Waals surface area contributed by atoms with Gasteiger partial charge < -0.3 is 9.30 Å². The van der Waals surface area contributed by atoms with Crippen LogP contribution in [0, 0.1) is 0 Å². The Bertz CT molecular complexity index is 490. The third-order valence-corrected chi connectivity index (χ3v) is 2.06. The minimum atomic E-state index is 0.362. The van der Waals surface area contributed by atoms with E-state index in [0.717, 1.165) is 0 Å². The van der Waals surface area contributed by atoms with Crippen LogP contribution in [0.1, 0.15) is 10.6 Å². The first-order valence-electron chi connectivity index (χ1n) is 4.08. The first-order valence-corrected chi connectivity index (χ1v) is 4.08. The molecule has 0 bridgehead atoms. The second kappa shape index (κ2) is 3.10. The fourth-order valence-electron chi connectivity index (χ4n) is 1.29. The molecule has 0 aliphatic carbocycles. The quantitative estimate of drug-likeness (QED) is 0.658. The van der Waals surface area contributed by atoms with Crippen molar-refractivity contribution in [2.75, 3.05) is 7.11 Å². The van der Waals surface area contributed by atoms with Crippen molar-refractivity contribution in [3.05, 3.63) is 18.1 Å². The Morgan fingerprint density at radius 1 is 1.57 bits per heavy atom. The number of rotatable bonds is 2. The number of ether oxygens (including phenoxy) is 1. The monoisotopic (exact) mass is 191 g/mol. The van der Waals surface area contributed by atoms with Crippen LogP contribution in [0.5, 0.6) is 5.75 Å². The van der Waals surface area contributed by atoms with Crippen molar-refractivity contribution in [1.29, 1.82) is 0 Å². The van der Waals surface area contributed by atoms with Crippen LogP contribution in [-0.2, 0) is 7.05 Å². The lowest BCUT2D eigenvalue weighted by Crippen LogP contribution is -1.96. The summed E-state index contributed by atoms with van der Waals surface area (Å²) in [4.78, 5) is 18.8. The van der Waals surface area contributed by atoms with E-state index >= 15 is 0 Å². The molecular weight excluding hydrogens is 182 g/mol. The Morgan fingerprint density at radius 2 is 2.36 bits per heavy atom. The van der Waals surface area contributed by atoms with Crippen LogP contribution in [0.3, 0.4) is 0 Å². The average molecular weight is 191 g/mol. The van der Waals surface area contributed by atoms with Crippen LogP contribution >= 0.6 is 0 Å². The first kappa shape index (κ1) is 8.68. The van der Waals surface area contributed by atoms with E-state index in [2.05, 4.69) is 9.97 Å². The molecular formula is C9H9N3O2. The summed E-state index contributed by atoms with van der Waals surface area (Å²) in [6, 6.07) is 1.75. The standard InChI is InChI=1S/C9H9N3O2/c1-12-8(5-13)11-7-3-6(14-2)4-10-9(7)12/h3-5H,1-2H3. The van der Waals surface area contributed by atoms with E-state index < -0.39 is 0 Å². The average Bonchev–Trinajstić information content (AvgIpc) is 2.55. The van der Waals surface area contributed by atoms with E-state index in [-0.39, 0.29) is 0 Å². The number of imidazole rings is 1. The normalized spacial score (nSPS) is 10.4. The van der Waals surface area contributed by atoms with Crippen molar-refractivity contribution in [3.8, 4) is 5.75 Å². The highest BCUT2D eigenvalue weighted by Gasteiger charge is 2.08. The van der Waals surface area contributed by atoms with Crippen LogP contribution in [0.25, 0.3) is 11.2 Å². The Hall–Kier alpha value is -1.91. The molecule has 5 nitrogen and oxygen atoms in total. The van der Waals surface area contributed by atoms with E-state index in [0.29, 0.717) is 29.0 Å². The zero-order valence-electron chi connectivity index (χ0n) is 7.89. The third kappa shape index (κ3) is 1.14. The molecule has 0 N–H and O–H groups in total. The number of aldehydes is 1. The molecule has 0 saturated heterocycles. The van der Waals surface area contributed by atoms with Crippen molar-refractivity contribution in [3.63, 3.8) is 0 Å². The molecule has 0 aliphatic heterocycles. The molecule has 0 fully saturated rings. The molecule has 0 atom stereocenters. The van der Waals surface area contributed by atoms with E-state index in [9.17, 15) is 4.79 Å². The number of aryl methyl sites for hydroxylation is 1. The summed E-state index contributed by atoms with van der Waals surface area (Å²) in [5, 5.41) is 0. The highest BCUT2D eigenvalue weighted by Crippen LogP contribution is 2.17. The molecule has 2 aromatic rings. The third-order valence-electron chi connectivity index (χ3n) is 2.06. The van der Waals surface area contributed by atoms with E-state index in [1.54, 1.807) is 31.0 Å². The highest BCUT2D eigenvalue weighted by molar-refractivity contribution is 5.81. The molecule has 14 heavy (non-hydrogen) atoms. The van der Waals surface area contributed by atoms with E-state index in [1.165, 1.54) is 0 Å². The van der Waals surface area contributed by atoms with Crippen molar-refractivity contribution in [2.24, 2.45) is 7.05 Å². The number of methoxy groups -OCH3 is 1. The zero-order chi connectivity index (χ0) is 10.1. The minimum Gasteiger partial charge on any atom is -0.495 e. The summed E-state index contributed by atoms with van der Waals surface area (Å²) >= 11 is 0. The molecule has 0 saturated carbocycles. The van der Waals surface area contributed by atoms with Gasteiger partial charge in [-0.3, -0.25) is 4.79 Å². The molecule has 0 amide bonds. The van der Waals surface area contributed by atoms with Crippen LogP contribution < -0.4 is 4.74 Å². The van der Waals surface area contributed by atoms with Crippen molar-refractivity contribution < 1.29 is 9.53 Å². The smallest absolute Gasteiger partial charge is 0.185 e. The Balaban J connectivity index is 2.72. The predicted molar refractivity (Wildman–Crippen MR) is 50.4 cm³/mol. The molecule has 2 heterocycles. The van der Waals surface area contributed by atoms with Crippen molar-refractivity contribution in [2.45, 2.75) is 0 Å². The summed E-state index contributed by atoms with van der Waals surface area (Å²) in [6.07, 6.45) is 2.30. The Labute approximate surface area is 80.3 Å². The van der Waals surface area contributed by atoms with E-state index in [1.807, 2.05) is 0 Å². The largest absolute Gasteiger partial charge is 0.495 e. The molecule has 0 unspecified atom stereocenters. The first-order chi connectivity index (χ1) is 6.76. The number of carbonyl (C=O) groups excluding carboxylic acids is 1. The van der Waals surface area contributed by atoms with Gasteiger partial charge in [-0.25, -0.2) is 9.97 Å². The molecule has 72 valence electrons. The number of carbonyl (C=O) groups is 1. The summed E-state index contributed by atoms with van der Waals surface area (Å²) in [5.74, 6) is 0.994. The molecule has 2 aromatic heterocycles. The summed E-state index contributed by atoms with van der Waals surface area (Å²) < 4.78 is 6.65. The number of hydrogen-bond donors (Lipinski definition) is 0. The van der Waals surface area contributed by atoms with Gasteiger partial charge >= 0.3 is 0 Å². The Morgan fingerprint density at radius 3 is 3.00 bits per heavy atom. The molecule has 0 aromatic carbocycles. The maximum Gasteiger partial charge on any atom is 0.185 e. The number of nitrogens with zero attached hydrogens (tertiary/aromatic N) is 3. The van der Waals surface area contributed by atoms with Gasteiger partial charge in [0.25, 0.3) is 0 Å². The Kier molecular flexibility index (Phi) is 1.92. The van der Waals surface area contributed by atoms with Gasteiger partial charge in [-0.05, 0) is 0 Å². The molecule has 5 heteroatoms. The minimum absolute atomic E-state index is 0.362. The van der Waals surface area contributed by atoms with Gasteiger partial charge in [-0.2, -0.15) is 0 Å². The number of pyridine rings is 1. The molecule has 2 rings (SSSR count). The molecule has 0 aliphatic rings. The van der Waals surface area contributed by atoms with Gasteiger partial charge in [-0.1, -0.05) is 0 Å². The predicted octanol–water partition coefficient (Wildman–Crippen LogP) is 0.789. The lowest BCUT2D eigenvalue weighted by molar-refractivity contribution is 0.111. The lowest BCUT2D eigenvalue weighted by Gasteiger charge is -1.98. The zero-order valence-corrected chi connectivity index (χ0v) is 7.89. The second-order valence-electron chi connectivity index (χ2n) is 2.86. The van der Waals surface area contributed by atoms with Crippen molar-refractivity contribution in [1.82, 2.24) is 14.5 Å². The molecule has 0 radical (unpaired) electrons. The highest BCUT2D eigenvalue weighted by atomic mass is 16.5. The van der Waals surface area contributed by atoms with Gasteiger partial charge in [0.2, 0.25) is 0 Å². The fourth-order valence-corrected chi connectivity index (χ4v) is 1.29. The van der Waals surface area contributed by atoms with Crippen LogP contribution in [-0.4, -0.2) is 27.9 Å². The topological polar surface area (TPSA) is 57.0 Å².